The van der Waals surface area contributed by atoms with Crippen LogP contribution < -0.4 is 14.4 Å². The van der Waals surface area contributed by atoms with Crippen LogP contribution in [-0.4, -0.2) is 56.2 Å². The Labute approximate surface area is 173 Å². The monoisotopic (exact) mass is 414 g/mol. The lowest BCUT2D eigenvalue weighted by Crippen LogP contribution is -3.13. The van der Waals surface area contributed by atoms with Gasteiger partial charge in [0.25, 0.3) is 5.91 Å². The fourth-order valence-electron chi connectivity index (χ4n) is 3.51. The van der Waals surface area contributed by atoms with E-state index in [1.54, 1.807) is 37.7 Å². The number of piperazine rings is 1. The van der Waals surface area contributed by atoms with E-state index in [1.165, 1.54) is 11.2 Å². The van der Waals surface area contributed by atoms with Crippen molar-refractivity contribution in [1.29, 1.82) is 0 Å². The first-order valence-electron chi connectivity index (χ1n) is 9.51. The Bertz CT molecular complexity index is 962. The van der Waals surface area contributed by atoms with E-state index in [1.807, 2.05) is 23.1 Å². The van der Waals surface area contributed by atoms with Gasteiger partial charge in [0.05, 0.1) is 46.7 Å². The van der Waals surface area contributed by atoms with Crippen molar-refractivity contribution in [2.24, 2.45) is 0 Å². The van der Waals surface area contributed by atoms with Crippen molar-refractivity contribution < 1.29 is 23.6 Å². The predicted octanol–water partition coefficient (Wildman–Crippen LogP) is 1.96. The average Bonchev–Trinajstić information content (AvgIpc) is 3.46. The second-order valence-corrected chi connectivity index (χ2v) is 7.77. The van der Waals surface area contributed by atoms with Gasteiger partial charge >= 0.3 is 0 Å². The van der Waals surface area contributed by atoms with Gasteiger partial charge in [-0.25, -0.2) is 4.98 Å². The van der Waals surface area contributed by atoms with E-state index in [9.17, 15) is 4.79 Å². The number of carbonyl (C=O) groups excluding carboxylic acids is 1. The molecule has 0 aliphatic carbocycles. The highest BCUT2D eigenvalue weighted by Crippen LogP contribution is 2.33. The molecule has 29 heavy (non-hydrogen) atoms. The fourth-order valence-corrected chi connectivity index (χ4v) is 4.32. The van der Waals surface area contributed by atoms with Crippen LogP contribution in [0, 0.1) is 0 Å². The summed E-state index contributed by atoms with van der Waals surface area (Å²) in [6.45, 7) is 4.10. The number of benzene rings is 1. The summed E-state index contributed by atoms with van der Waals surface area (Å²) in [6.07, 6.45) is 1.53. The molecule has 2 aromatic heterocycles. The van der Waals surface area contributed by atoms with E-state index in [0.29, 0.717) is 17.3 Å². The molecule has 0 atom stereocenters. The third kappa shape index (κ3) is 4.28. The SMILES string of the molecule is COc1ccc(-c2nc(C[NH+]3CCN(C(=O)c4ccco4)CC3)cs2)cc1OC. The summed E-state index contributed by atoms with van der Waals surface area (Å²) in [5.41, 5.74) is 2.09. The molecular weight excluding hydrogens is 390 g/mol. The predicted molar refractivity (Wildman–Crippen MR) is 110 cm³/mol. The molecule has 1 aliphatic heterocycles. The van der Waals surface area contributed by atoms with E-state index in [4.69, 9.17) is 18.9 Å². The molecule has 1 aromatic carbocycles. The molecule has 0 unspecified atom stereocenters. The number of quaternary nitrogens is 1. The van der Waals surface area contributed by atoms with Crippen molar-refractivity contribution in [3.8, 4) is 22.1 Å². The molecule has 1 fully saturated rings. The molecule has 152 valence electrons. The average molecular weight is 415 g/mol. The summed E-state index contributed by atoms with van der Waals surface area (Å²) in [6, 6.07) is 9.30. The van der Waals surface area contributed by atoms with Gasteiger partial charge in [0, 0.05) is 10.9 Å². The zero-order valence-electron chi connectivity index (χ0n) is 16.5. The fraction of sp³-hybridized carbons (Fsp3) is 0.333. The number of furan rings is 1. The number of nitrogens with zero attached hydrogens (tertiary/aromatic N) is 2. The van der Waals surface area contributed by atoms with Gasteiger partial charge in [-0.2, -0.15) is 0 Å². The molecule has 8 heteroatoms. The number of methoxy groups -OCH3 is 2. The zero-order valence-corrected chi connectivity index (χ0v) is 17.3. The van der Waals surface area contributed by atoms with E-state index >= 15 is 0 Å². The topological polar surface area (TPSA) is 69.2 Å². The highest BCUT2D eigenvalue weighted by Gasteiger charge is 2.26. The van der Waals surface area contributed by atoms with E-state index in [0.717, 1.165) is 49.0 Å². The van der Waals surface area contributed by atoms with Crippen LogP contribution in [0.2, 0.25) is 0 Å². The third-order valence-corrected chi connectivity index (χ3v) is 6.04. The van der Waals surface area contributed by atoms with E-state index in [2.05, 4.69) is 5.38 Å². The van der Waals surface area contributed by atoms with Crippen molar-refractivity contribution in [3.05, 3.63) is 53.4 Å². The lowest BCUT2D eigenvalue weighted by molar-refractivity contribution is -0.917. The van der Waals surface area contributed by atoms with Crippen LogP contribution in [-0.2, 0) is 6.54 Å². The van der Waals surface area contributed by atoms with Crippen molar-refractivity contribution in [3.63, 3.8) is 0 Å². The van der Waals surface area contributed by atoms with Crippen molar-refractivity contribution >= 4 is 17.2 Å². The highest BCUT2D eigenvalue weighted by molar-refractivity contribution is 7.13. The molecule has 7 nitrogen and oxygen atoms in total. The van der Waals surface area contributed by atoms with Crippen molar-refractivity contribution in [2.75, 3.05) is 40.4 Å². The molecule has 0 saturated carbocycles. The maximum absolute atomic E-state index is 12.4. The number of rotatable bonds is 6. The largest absolute Gasteiger partial charge is 0.493 e. The van der Waals surface area contributed by atoms with Gasteiger partial charge in [0.2, 0.25) is 0 Å². The number of hydrogen-bond acceptors (Lipinski definition) is 6. The minimum Gasteiger partial charge on any atom is -0.493 e. The molecular formula is C21H24N3O4S+. The Hall–Kier alpha value is -2.84. The second kappa shape index (κ2) is 8.67. The third-order valence-electron chi connectivity index (χ3n) is 5.10. The Morgan fingerprint density at radius 2 is 2.00 bits per heavy atom. The highest BCUT2D eigenvalue weighted by atomic mass is 32.1. The zero-order chi connectivity index (χ0) is 20.2. The molecule has 0 bridgehead atoms. The molecule has 1 aliphatic rings. The van der Waals surface area contributed by atoms with Crippen LogP contribution in [0.15, 0.2) is 46.4 Å². The number of nitrogens with one attached hydrogen (secondary N) is 1. The van der Waals surface area contributed by atoms with Gasteiger partial charge in [0.1, 0.15) is 17.2 Å². The van der Waals surface area contributed by atoms with Gasteiger partial charge < -0.3 is 23.7 Å². The van der Waals surface area contributed by atoms with Gasteiger partial charge in [-0.1, -0.05) is 0 Å². The number of thiazole rings is 1. The molecule has 1 saturated heterocycles. The van der Waals surface area contributed by atoms with Gasteiger partial charge in [0.15, 0.2) is 17.3 Å². The lowest BCUT2D eigenvalue weighted by Gasteiger charge is -2.31. The first-order chi connectivity index (χ1) is 14.2. The minimum absolute atomic E-state index is 0.0292. The molecule has 1 N–H and O–H groups in total. The lowest BCUT2D eigenvalue weighted by atomic mass is 10.2. The standard InChI is InChI=1S/C21H23N3O4S/c1-26-17-6-5-15(12-19(17)27-2)20-22-16(14-29-20)13-23-7-9-24(10-8-23)21(25)18-4-3-11-28-18/h3-6,11-12,14H,7-10,13H2,1-2H3/p+1. The maximum Gasteiger partial charge on any atom is 0.289 e. The molecule has 3 aromatic rings. The van der Waals surface area contributed by atoms with E-state index < -0.39 is 0 Å². The quantitative estimate of drug-likeness (QED) is 0.668. The second-order valence-electron chi connectivity index (χ2n) is 6.91. The first kappa shape index (κ1) is 19.5. The van der Waals surface area contributed by atoms with Crippen LogP contribution in [0.1, 0.15) is 16.2 Å². The number of amides is 1. The summed E-state index contributed by atoms with van der Waals surface area (Å²) in [4.78, 5) is 20.5. The van der Waals surface area contributed by atoms with Crippen LogP contribution in [0.3, 0.4) is 0 Å². The molecule has 0 spiro atoms. The first-order valence-corrected chi connectivity index (χ1v) is 10.4. The summed E-state index contributed by atoms with van der Waals surface area (Å²) in [5, 5.41) is 3.08. The molecule has 4 rings (SSSR count). The van der Waals surface area contributed by atoms with E-state index in [-0.39, 0.29) is 5.91 Å². The number of carbonyl (C=O) groups is 1. The smallest absolute Gasteiger partial charge is 0.289 e. The van der Waals surface area contributed by atoms with Crippen LogP contribution in [0.4, 0.5) is 0 Å². The Balaban J connectivity index is 1.36. The molecule has 1 amide bonds. The normalized spacial score (nSPS) is 14.8. The van der Waals surface area contributed by atoms with Crippen molar-refractivity contribution in [1.82, 2.24) is 9.88 Å². The van der Waals surface area contributed by atoms with Crippen LogP contribution in [0.25, 0.3) is 10.6 Å². The molecule has 3 heterocycles. The maximum atomic E-state index is 12.4. The number of hydrogen-bond donors (Lipinski definition) is 1. The number of aromatic nitrogens is 1. The van der Waals surface area contributed by atoms with Crippen LogP contribution >= 0.6 is 11.3 Å². The van der Waals surface area contributed by atoms with Crippen LogP contribution in [0.5, 0.6) is 11.5 Å². The Kier molecular flexibility index (Phi) is 5.82. The minimum atomic E-state index is -0.0292. The molecule has 0 radical (unpaired) electrons. The summed E-state index contributed by atoms with van der Waals surface area (Å²) < 4.78 is 15.9. The summed E-state index contributed by atoms with van der Waals surface area (Å²) in [5.74, 6) is 1.79. The number of ether oxygens (including phenoxy) is 2. The Morgan fingerprint density at radius 3 is 2.69 bits per heavy atom. The van der Waals surface area contributed by atoms with Gasteiger partial charge in [-0.3, -0.25) is 4.79 Å². The van der Waals surface area contributed by atoms with Crippen molar-refractivity contribution in [2.45, 2.75) is 6.54 Å². The van der Waals surface area contributed by atoms with Gasteiger partial charge in [-0.15, -0.1) is 11.3 Å². The summed E-state index contributed by atoms with van der Waals surface area (Å²) >= 11 is 1.63. The summed E-state index contributed by atoms with van der Waals surface area (Å²) in [7, 11) is 3.26. The van der Waals surface area contributed by atoms with Gasteiger partial charge in [-0.05, 0) is 30.3 Å². The Morgan fingerprint density at radius 1 is 1.21 bits per heavy atom.